The summed E-state index contributed by atoms with van der Waals surface area (Å²) in [5.41, 5.74) is 0.862. The molecule has 1 aromatic carbocycles. The van der Waals surface area contributed by atoms with Crippen LogP contribution >= 0.6 is 0 Å². The van der Waals surface area contributed by atoms with Gasteiger partial charge >= 0.3 is 0 Å². The molecule has 2 heterocycles. The van der Waals surface area contributed by atoms with Crippen molar-refractivity contribution in [3.63, 3.8) is 0 Å². The minimum atomic E-state index is -0.234. The highest BCUT2D eigenvalue weighted by atomic mass is 19.1. The summed E-state index contributed by atoms with van der Waals surface area (Å²) in [5.74, 6) is 1.84. The van der Waals surface area contributed by atoms with Gasteiger partial charge in [0.25, 0.3) is 0 Å². The average Bonchev–Trinajstić information content (AvgIpc) is 2.94. The van der Waals surface area contributed by atoms with Crippen molar-refractivity contribution in [3.05, 3.63) is 47.4 Å². The van der Waals surface area contributed by atoms with Crippen LogP contribution in [0.3, 0.4) is 0 Å². The Balaban J connectivity index is 1.53. The number of rotatable bonds is 5. The lowest BCUT2D eigenvalue weighted by Gasteiger charge is -2.21. The fourth-order valence-corrected chi connectivity index (χ4v) is 2.79. The molecule has 0 aliphatic carbocycles. The van der Waals surface area contributed by atoms with Gasteiger partial charge in [-0.3, -0.25) is 0 Å². The van der Waals surface area contributed by atoms with Crippen LogP contribution in [0.5, 0.6) is 0 Å². The van der Waals surface area contributed by atoms with E-state index in [1.54, 1.807) is 6.07 Å². The Hall–Kier alpha value is -1.75. The van der Waals surface area contributed by atoms with E-state index >= 15 is 0 Å². The molecule has 112 valence electrons. The van der Waals surface area contributed by atoms with Gasteiger partial charge in [0.1, 0.15) is 5.82 Å². The van der Waals surface area contributed by atoms with Crippen LogP contribution < -0.4 is 5.32 Å². The van der Waals surface area contributed by atoms with Gasteiger partial charge in [-0.05, 0) is 56.0 Å². The van der Waals surface area contributed by atoms with E-state index in [0.29, 0.717) is 18.1 Å². The predicted octanol–water partition coefficient (Wildman–Crippen LogP) is 2.73. The lowest BCUT2D eigenvalue weighted by Crippen LogP contribution is -2.27. The van der Waals surface area contributed by atoms with E-state index in [1.807, 2.05) is 6.07 Å². The van der Waals surface area contributed by atoms with Gasteiger partial charge < -0.3 is 9.84 Å². The second kappa shape index (κ2) is 6.80. The Kier molecular flexibility index (Phi) is 4.60. The van der Waals surface area contributed by atoms with E-state index in [0.717, 1.165) is 37.4 Å². The Bertz CT molecular complexity index is 578. The van der Waals surface area contributed by atoms with Gasteiger partial charge in [-0.15, -0.1) is 0 Å². The summed E-state index contributed by atoms with van der Waals surface area (Å²) in [5, 5.41) is 7.35. The molecule has 1 aromatic heterocycles. The van der Waals surface area contributed by atoms with Gasteiger partial charge in [-0.25, -0.2) is 4.39 Å². The first-order valence-electron chi connectivity index (χ1n) is 7.56. The Labute approximate surface area is 123 Å². The zero-order chi connectivity index (χ0) is 14.5. The summed E-state index contributed by atoms with van der Waals surface area (Å²) in [6, 6.07) is 6.51. The Morgan fingerprint density at radius 1 is 1.29 bits per heavy atom. The van der Waals surface area contributed by atoms with E-state index in [4.69, 9.17) is 4.52 Å². The molecule has 0 amide bonds. The van der Waals surface area contributed by atoms with Crippen LogP contribution in [0.25, 0.3) is 0 Å². The standard InChI is InChI=1S/C16H20FN3O/c17-14-3-1-2-13(10-14)11-15-19-16(21-20-15)5-4-12-6-8-18-9-7-12/h1-3,10,12,18H,4-9,11H2. The number of benzene rings is 1. The van der Waals surface area contributed by atoms with Crippen LogP contribution in [0.4, 0.5) is 4.39 Å². The lowest BCUT2D eigenvalue weighted by atomic mass is 9.93. The van der Waals surface area contributed by atoms with Crippen molar-refractivity contribution in [2.24, 2.45) is 5.92 Å². The van der Waals surface area contributed by atoms with Crippen LogP contribution in [-0.4, -0.2) is 23.2 Å². The molecule has 2 aromatic rings. The van der Waals surface area contributed by atoms with E-state index < -0.39 is 0 Å². The molecule has 0 radical (unpaired) electrons. The van der Waals surface area contributed by atoms with E-state index in [2.05, 4.69) is 15.5 Å². The number of aromatic nitrogens is 2. The SMILES string of the molecule is Fc1cccc(Cc2noc(CCC3CCNCC3)n2)c1. The number of halogens is 1. The van der Waals surface area contributed by atoms with E-state index in [-0.39, 0.29) is 5.82 Å². The zero-order valence-corrected chi connectivity index (χ0v) is 12.0. The third-order valence-electron chi connectivity index (χ3n) is 3.99. The van der Waals surface area contributed by atoms with Crippen molar-refractivity contribution >= 4 is 0 Å². The van der Waals surface area contributed by atoms with Gasteiger partial charge in [0.15, 0.2) is 5.82 Å². The first-order chi connectivity index (χ1) is 10.3. The van der Waals surface area contributed by atoms with Crippen LogP contribution in [0.2, 0.25) is 0 Å². The Morgan fingerprint density at radius 2 is 2.14 bits per heavy atom. The molecule has 0 saturated carbocycles. The van der Waals surface area contributed by atoms with E-state index in [1.165, 1.54) is 25.0 Å². The third-order valence-corrected chi connectivity index (χ3v) is 3.99. The summed E-state index contributed by atoms with van der Waals surface area (Å²) in [7, 11) is 0. The van der Waals surface area contributed by atoms with Crippen molar-refractivity contribution < 1.29 is 8.91 Å². The van der Waals surface area contributed by atoms with Crippen LogP contribution in [0, 0.1) is 11.7 Å². The topological polar surface area (TPSA) is 51.0 Å². The van der Waals surface area contributed by atoms with Gasteiger partial charge in [0.2, 0.25) is 5.89 Å². The molecule has 1 fully saturated rings. The number of nitrogens with zero attached hydrogens (tertiary/aromatic N) is 2. The molecular weight excluding hydrogens is 269 g/mol. The second-order valence-electron chi connectivity index (χ2n) is 5.64. The minimum Gasteiger partial charge on any atom is -0.339 e. The smallest absolute Gasteiger partial charge is 0.226 e. The molecule has 21 heavy (non-hydrogen) atoms. The highest BCUT2D eigenvalue weighted by Gasteiger charge is 2.15. The van der Waals surface area contributed by atoms with Crippen LogP contribution in [0.1, 0.15) is 36.5 Å². The predicted molar refractivity (Wildman–Crippen MR) is 77.4 cm³/mol. The highest BCUT2D eigenvalue weighted by Crippen LogP contribution is 2.18. The molecule has 0 unspecified atom stereocenters. The monoisotopic (exact) mass is 289 g/mol. The summed E-state index contributed by atoms with van der Waals surface area (Å²) in [6.45, 7) is 2.22. The van der Waals surface area contributed by atoms with E-state index in [9.17, 15) is 4.39 Å². The molecule has 4 nitrogen and oxygen atoms in total. The first-order valence-corrected chi connectivity index (χ1v) is 7.56. The van der Waals surface area contributed by atoms with Crippen molar-refractivity contribution in [1.29, 1.82) is 0 Å². The average molecular weight is 289 g/mol. The molecule has 1 aliphatic heterocycles. The highest BCUT2D eigenvalue weighted by molar-refractivity contribution is 5.19. The van der Waals surface area contributed by atoms with Gasteiger partial charge in [0, 0.05) is 12.8 Å². The molecule has 1 saturated heterocycles. The molecule has 3 rings (SSSR count). The van der Waals surface area contributed by atoms with Crippen LogP contribution in [0.15, 0.2) is 28.8 Å². The number of nitrogens with one attached hydrogen (secondary N) is 1. The Morgan fingerprint density at radius 3 is 2.95 bits per heavy atom. The minimum absolute atomic E-state index is 0.234. The molecule has 0 bridgehead atoms. The fourth-order valence-electron chi connectivity index (χ4n) is 2.79. The van der Waals surface area contributed by atoms with Crippen molar-refractivity contribution in [2.75, 3.05) is 13.1 Å². The number of piperidine rings is 1. The number of aryl methyl sites for hydroxylation is 1. The maximum Gasteiger partial charge on any atom is 0.226 e. The molecule has 1 aliphatic rings. The fraction of sp³-hybridized carbons (Fsp3) is 0.500. The molecular formula is C16H20FN3O. The maximum atomic E-state index is 13.1. The van der Waals surface area contributed by atoms with Gasteiger partial charge in [-0.2, -0.15) is 4.98 Å². The normalized spacial score (nSPS) is 16.2. The molecule has 1 N–H and O–H groups in total. The largest absolute Gasteiger partial charge is 0.339 e. The summed E-state index contributed by atoms with van der Waals surface area (Å²) in [4.78, 5) is 4.40. The quantitative estimate of drug-likeness (QED) is 0.919. The van der Waals surface area contributed by atoms with Gasteiger partial charge in [0.05, 0.1) is 0 Å². The number of hydrogen-bond acceptors (Lipinski definition) is 4. The summed E-state index contributed by atoms with van der Waals surface area (Å²) < 4.78 is 18.4. The van der Waals surface area contributed by atoms with Crippen molar-refractivity contribution in [3.8, 4) is 0 Å². The third kappa shape index (κ3) is 4.11. The first kappa shape index (κ1) is 14.2. The van der Waals surface area contributed by atoms with Crippen LogP contribution in [-0.2, 0) is 12.8 Å². The van der Waals surface area contributed by atoms with Crippen molar-refractivity contribution in [1.82, 2.24) is 15.5 Å². The zero-order valence-electron chi connectivity index (χ0n) is 12.0. The van der Waals surface area contributed by atoms with Crippen molar-refractivity contribution in [2.45, 2.75) is 32.1 Å². The molecule has 0 atom stereocenters. The molecule has 0 spiro atoms. The number of hydrogen-bond donors (Lipinski definition) is 1. The lowest BCUT2D eigenvalue weighted by molar-refractivity contribution is 0.323. The summed E-state index contributed by atoms with van der Waals surface area (Å²) in [6.07, 6.45) is 4.90. The second-order valence-corrected chi connectivity index (χ2v) is 5.64. The summed E-state index contributed by atoms with van der Waals surface area (Å²) >= 11 is 0. The van der Waals surface area contributed by atoms with Gasteiger partial charge in [-0.1, -0.05) is 17.3 Å². The molecule has 5 heteroatoms. The maximum absolute atomic E-state index is 13.1.